The minimum Gasteiger partial charge on any atom is -0.348 e. The molecule has 1 aliphatic heterocycles. The highest BCUT2D eigenvalue weighted by Crippen LogP contribution is 2.43. The lowest BCUT2D eigenvalue weighted by Crippen LogP contribution is -2.23. The van der Waals surface area contributed by atoms with Crippen molar-refractivity contribution < 1.29 is 4.79 Å². The number of amides is 1. The number of para-hydroxylation sites is 1. The molecule has 3 aromatic rings. The monoisotopic (exact) mass is 395 g/mol. The van der Waals surface area contributed by atoms with Crippen LogP contribution in [0.25, 0.3) is 5.69 Å². The van der Waals surface area contributed by atoms with E-state index in [1.807, 2.05) is 76.9 Å². The van der Waals surface area contributed by atoms with E-state index in [-0.39, 0.29) is 5.91 Å². The third kappa shape index (κ3) is 4.39. The molecule has 0 saturated carbocycles. The van der Waals surface area contributed by atoms with Gasteiger partial charge in [-0.2, -0.15) is 5.10 Å². The van der Waals surface area contributed by atoms with Crippen molar-refractivity contribution in [2.24, 2.45) is 0 Å². The predicted molar refractivity (Wildman–Crippen MR) is 113 cm³/mol. The van der Waals surface area contributed by atoms with E-state index in [0.717, 1.165) is 11.3 Å². The highest BCUT2D eigenvalue weighted by molar-refractivity contribution is 8.16. The molecule has 1 fully saturated rings. The lowest BCUT2D eigenvalue weighted by atomic mass is 10.1. The van der Waals surface area contributed by atoms with E-state index in [4.69, 9.17) is 0 Å². The van der Waals surface area contributed by atoms with Crippen molar-refractivity contribution >= 4 is 29.4 Å². The summed E-state index contributed by atoms with van der Waals surface area (Å²) in [5.41, 5.74) is 4.00. The predicted octanol–water partition coefficient (Wildman–Crippen LogP) is 4.67. The van der Waals surface area contributed by atoms with Crippen LogP contribution in [0, 0.1) is 0 Å². The molecule has 27 heavy (non-hydrogen) atoms. The molecular formula is C21H21N3OS2. The minimum absolute atomic E-state index is 0.0548. The number of aromatic nitrogens is 2. The first-order chi connectivity index (χ1) is 13.3. The first-order valence-electron chi connectivity index (χ1n) is 9.00. The molecule has 2 heterocycles. The number of carbonyl (C=O) groups excluding carboxylic acids is 1. The smallest absolute Gasteiger partial charge is 0.251 e. The molecule has 0 spiro atoms. The Morgan fingerprint density at radius 2 is 1.85 bits per heavy atom. The van der Waals surface area contributed by atoms with Crippen LogP contribution in [0.2, 0.25) is 0 Å². The number of nitrogens with one attached hydrogen (secondary N) is 1. The zero-order chi connectivity index (χ0) is 18.5. The number of carbonyl (C=O) groups is 1. The summed E-state index contributed by atoms with van der Waals surface area (Å²) in [6, 6.07) is 17.9. The zero-order valence-electron chi connectivity index (χ0n) is 14.9. The quantitative estimate of drug-likeness (QED) is 0.682. The fraction of sp³-hybridized carbons (Fsp3) is 0.238. The molecule has 0 atom stereocenters. The molecule has 4 rings (SSSR count). The van der Waals surface area contributed by atoms with Crippen LogP contribution in [-0.4, -0.2) is 27.2 Å². The Balaban J connectivity index is 1.41. The Morgan fingerprint density at radius 3 is 2.59 bits per heavy atom. The molecule has 0 unspecified atom stereocenters. The van der Waals surface area contributed by atoms with Gasteiger partial charge in [0.25, 0.3) is 5.91 Å². The summed E-state index contributed by atoms with van der Waals surface area (Å²) < 4.78 is 2.31. The number of nitrogens with zero attached hydrogens (tertiary/aromatic N) is 2. The summed E-state index contributed by atoms with van der Waals surface area (Å²) >= 11 is 3.99. The zero-order valence-corrected chi connectivity index (χ0v) is 16.5. The Kier molecular flexibility index (Phi) is 5.84. The summed E-state index contributed by atoms with van der Waals surface area (Å²) in [5, 5.41) is 7.31. The Labute approximate surface area is 167 Å². The van der Waals surface area contributed by atoms with Crippen LogP contribution in [0.5, 0.6) is 0 Å². The van der Waals surface area contributed by atoms with Crippen molar-refractivity contribution in [1.29, 1.82) is 0 Å². The van der Waals surface area contributed by atoms with Crippen molar-refractivity contribution in [3.8, 4) is 5.69 Å². The molecular weight excluding hydrogens is 374 g/mol. The van der Waals surface area contributed by atoms with Crippen LogP contribution in [0.1, 0.15) is 32.5 Å². The fourth-order valence-electron chi connectivity index (χ4n) is 3.04. The largest absolute Gasteiger partial charge is 0.348 e. The second kappa shape index (κ2) is 8.67. The highest BCUT2D eigenvalue weighted by atomic mass is 32.2. The number of hydrogen-bond donors (Lipinski definition) is 1. The van der Waals surface area contributed by atoms with Crippen molar-refractivity contribution in [3.63, 3.8) is 0 Å². The minimum atomic E-state index is -0.0548. The number of rotatable bonds is 5. The maximum Gasteiger partial charge on any atom is 0.251 e. The molecule has 1 amide bonds. The van der Waals surface area contributed by atoms with Gasteiger partial charge in [0.1, 0.15) is 0 Å². The van der Waals surface area contributed by atoms with Gasteiger partial charge in [-0.15, -0.1) is 23.5 Å². The second-order valence-corrected chi connectivity index (χ2v) is 9.04. The van der Waals surface area contributed by atoms with Gasteiger partial charge in [-0.25, -0.2) is 4.68 Å². The van der Waals surface area contributed by atoms with E-state index >= 15 is 0 Å². The van der Waals surface area contributed by atoms with E-state index in [2.05, 4.69) is 22.5 Å². The lowest BCUT2D eigenvalue weighted by molar-refractivity contribution is 0.0951. The lowest BCUT2D eigenvalue weighted by Gasteiger charge is -2.21. The average molecular weight is 396 g/mol. The Bertz CT molecular complexity index is 888. The maximum atomic E-state index is 12.6. The van der Waals surface area contributed by atoms with Crippen LogP contribution in [0.15, 0.2) is 67.0 Å². The van der Waals surface area contributed by atoms with Gasteiger partial charge in [-0.05, 0) is 53.3 Å². The molecule has 0 aliphatic carbocycles. The standard InChI is InChI=1S/C21H21N3OS2/c25-20(16-7-9-17(10-8-16)21-26-13-4-14-27-21)22-15-18-5-1-2-6-19(18)24-12-3-11-23-24/h1-3,5-12,21H,4,13-15H2,(H,22,25). The molecule has 1 N–H and O–H groups in total. The van der Waals surface area contributed by atoms with Gasteiger partial charge in [0, 0.05) is 24.5 Å². The van der Waals surface area contributed by atoms with Gasteiger partial charge in [0.15, 0.2) is 0 Å². The molecule has 138 valence electrons. The maximum absolute atomic E-state index is 12.6. The summed E-state index contributed by atoms with van der Waals surface area (Å²) in [6.07, 6.45) is 4.94. The first-order valence-corrected chi connectivity index (χ1v) is 11.1. The summed E-state index contributed by atoms with van der Waals surface area (Å²) in [5.74, 6) is 2.38. The van der Waals surface area contributed by atoms with E-state index in [9.17, 15) is 4.79 Å². The molecule has 1 aromatic heterocycles. The van der Waals surface area contributed by atoms with Crippen LogP contribution in [0.4, 0.5) is 0 Å². The van der Waals surface area contributed by atoms with E-state index in [1.54, 1.807) is 6.20 Å². The van der Waals surface area contributed by atoms with E-state index < -0.39 is 0 Å². The summed E-state index contributed by atoms with van der Waals surface area (Å²) in [4.78, 5) is 12.6. The van der Waals surface area contributed by atoms with Gasteiger partial charge in [-0.1, -0.05) is 30.3 Å². The molecule has 1 aliphatic rings. The van der Waals surface area contributed by atoms with Gasteiger partial charge >= 0.3 is 0 Å². The van der Waals surface area contributed by atoms with Gasteiger partial charge < -0.3 is 5.32 Å². The average Bonchev–Trinajstić information content (AvgIpc) is 3.28. The number of hydrogen-bond acceptors (Lipinski definition) is 4. The SMILES string of the molecule is O=C(NCc1ccccc1-n1cccn1)c1ccc(C2SCCCS2)cc1. The van der Waals surface area contributed by atoms with E-state index in [0.29, 0.717) is 16.7 Å². The first kappa shape index (κ1) is 18.2. The molecule has 0 bridgehead atoms. The van der Waals surface area contributed by atoms with Gasteiger partial charge in [0.2, 0.25) is 0 Å². The van der Waals surface area contributed by atoms with Gasteiger partial charge in [-0.3, -0.25) is 4.79 Å². The van der Waals surface area contributed by atoms with Crippen molar-refractivity contribution in [3.05, 3.63) is 83.7 Å². The topological polar surface area (TPSA) is 46.9 Å². The third-order valence-electron chi connectivity index (χ3n) is 4.45. The summed E-state index contributed by atoms with van der Waals surface area (Å²) in [6.45, 7) is 0.463. The molecule has 4 nitrogen and oxygen atoms in total. The third-order valence-corrected chi connectivity index (χ3v) is 7.47. The van der Waals surface area contributed by atoms with Gasteiger partial charge in [0.05, 0.1) is 10.3 Å². The van der Waals surface area contributed by atoms with Crippen LogP contribution in [-0.2, 0) is 6.54 Å². The Hall–Kier alpha value is -2.18. The molecule has 0 radical (unpaired) electrons. The number of benzene rings is 2. The Morgan fingerprint density at radius 1 is 1.07 bits per heavy atom. The number of thioether (sulfide) groups is 2. The highest BCUT2D eigenvalue weighted by Gasteiger charge is 2.17. The van der Waals surface area contributed by atoms with Crippen molar-refractivity contribution in [2.75, 3.05) is 11.5 Å². The fourth-order valence-corrected chi connectivity index (χ4v) is 5.94. The molecule has 1 saturated heterocycles. The van der Waals surface area contributed by atoms with Crippen LogP contribution < -0.4 is 5.32 Å². The molecule has 6 heteroatoms. The van der Waals surface area contributed by atoms with Crippen molar-refractivity contribution in [2.45, 2.75) is 17.5 Å². The second-order valence-electron chi connectivity index (χ2n) is 6.31. The van der Waals surface area contributed by atoms with Crippen LogP contribution >= 0.6 is 23.5 Å². The van der Waals surface area contributed by atoms with E-state index in [1.165, 1.54) is 23.5 Å². The van der Waals surface area contributed by atoms with Crippen LogP contribution in [0.3, 0.4) is 0 Å². The molecule has 2 aromatic carbocycles. The summed E-state index contributed by atoms with van der Waals surface area (Å²) in [7, 11) is 0. The van der Waals surface area contributed by atoms with Crippen molar-refractivity contribution in [1.82, 2.24) is 15.1 Å². The normalized spacial score (nSPS) is 14.8.